The predicted molar refractivity (Wildman–Crippen MR) is 72.4 cm³/mol. The van der Waals surface area contributed by atoms with E-state index in [0.717, 1.165) is 12.0 Å². The fourth-order valence-electron chi connectivity index (χ4n) is 2.72. The summed E-state index contributed by atoms with van der Waals surface area (Å²) in [6.45, 7) is 5.44. The van der Waals surface area contributed by atoms with Crippen LogP contribution in [0.4, 0.5) is 5.69 Å². The number of aliphatic hydroxyl groups is 1. The van der Waals surface area contributed by atoms with Crippen molar-refractivity contribution < 1.29 is 5.11 Å². The van der Waals surface area contributed by atoms with Crippen LogP contribution in [0, 0.1) is 0 Å². The van der Waals surface area contributed by atoms with E-state index in [1.807, 2.05) is 6.92 Å². The molecule has 0 aromatic heterocycles. The molecule has 1 aliphatic heterocycles. The Hall–Kier alpha value is -1.02. The molecule has 94 valence electrons. The average Bonchev–Trinajstić information content (AvgIpc) is 2.86. The van der Waals surface area contributed by atoms with E-state index in [-0.39, 0.29) is 6.10 Å². The van der Waals surface area contributed by atoms with Crippen molar-refractivity contribution in [2.75, 3.05) is 11.4 Å². The largest absolute Gasteiger partial charge is 0.388 e. The van der Waals surface area contributed by atoms with Gasteiger partial charge in [-0.2, -0.15) is 0 Å². The van der Waals surface area contributed by atoms with Gasteiger partial charge in [-0.1, -0.05) is 26.0 Å². The molecule has 0 bridgehead atoms. The van der Waals surface area contributed by atoms with Crippen molar-refractivity contribution in [1.29, 1.82) is 0 Å². The molecule has 2 nitrogen and oxygen atoms in total. The van der Waals surface area contributed by atoms with Crippen LogP contribution < -0.4 is 4.90 Å². The van der Waals surface area contributed by atoms with Gasteiger partial charge in [0.2, 0.25) is 0 Å². The average molecular weight is 233 g/mol. The maximum Gasteiger partial charge on any atom is 0.0787 e. The van der Waals surface area contributed by atoms with Crippen LogP contribution in [0.25, 0.3) is 0 Å². The summed E-state index contributed by atoms with van der Waals surface area (Å²) in [5, 5.41) is 9.77. The van der Waals surface area contributed by atoms with Gasteiger partial charge in [-0.15, -0.1) is 0 Å². The Morgan fingerprint density at radius 2 is 2.00 bits per heavy atom. The number of aliphatic hydroxyl groups excluding tert-OH is 1. The highest BCUT2D eigenvalue weighted by molar-refractivity contribution is 5.49. The number of hydrogen-bond donors (Lipinski definition) is 1. The lowest BCUT2D eigenvalue weighted by Crippen LogP contribution is -2.28. The molecule has 2 atom stereocenters. The Bertz CT molecular complexity index is 346. The minimum absolute atomic E-state index is 0.315. The van der Waals surface area contributed by atoms with Gasteiger partial charge in [-0.3, -0.25) is 0 Å². The zero-order chi connectivity index (χ0) is 12.3. The van der Waals surface area contributed by atoms with Crippen LogP contribution in [0.5, 0.6) is 0 Å². The van der Waals surface area contributed by atoms with Gasteiger partial charge >= 0.3 is 0 Å². The topological polar surface area (TPSA) is 23.5 Å². The number of rotatable bonds is 4. The van der Waals surface area contributed by atoms with Crippen molar-refractivity contribution in [2.45, 2.75) is 51.7 Å². The molecule has 0 saturated carbocycles. The Kier molecular flexibility index (Phi) is 4.06. The molecule has 1 heterocycles. The molecule has 1 N–H and O–H groups in total. The van der Waals surface area contributed by atoms with E-state index in [1.165, 1.54) is 31.5 Å². The van der Waals surface area contributed by atoms with E-state index < -0.39 is 0 Å². The Morgan fingerprint density at radius 3 is 2.59 bits per heavy atom. The van der Waals surface area contributed by atoms with Gasteiger partial charge in [0, 0.05) is 18.3 Å². The Balaban J connectivity index is 2.12. The lowest BCUT2D eigenvalue weighted by Gasteiger charge is -2.26. The van der Waals surface area contributed by atoms with Crippen LogP contribution in [0.2, 0.25) is 0 Å². The number of anilines is 1. The lowest BCUT2D eigenvalue weighted by molar-refractivity contribution is 0.173. The van der Waals surface area contributed by atoms with Gasteiger partial charge in [0.05, 0.1) is 6.10 Å². The second-order valence-corrected chi connectivity index (χ2v) is 4.91. The first kappa shape index (κ1) is 12.4. The Morgan fingerprint density at radius 1 is 1.29 bits per heavy atom. The summed E-state index contributed by atoms with van der Waals surface area (Å²) in [6, 6.07) is 9.14. The molecule has 0 spiro atoms. The highest BCUT2D eigenvalue weighted by Gasteiger charge is 2.22. The molecule has 0 amide bonds. The van der Waals surface area contributed by atoms with Crippen LogP contribution in [-0.4, -0.2) is 17.7 Å². The van der Waals surface area contributed by atoms with Gasteiger partial charge < -0.3 is 10.0 Å². The molecule has 1 fully saturated rings. The molecule has 0 radical (unpaired) electrons. The summed E-state index contributed by atoms with van der Waals surface area (Å²) in [5.74, 6) is 0. The monoisotopic (exact) mass is 233 g/mol. The summed E-state index contributed by atoms with van der Waals surface area (Å²) in [5.41, 5.74) is 2.34. The summed E-state index contributed by atoms with van der Waals surface area (Å²) in [6.07, 6.45) is 4.30. The molecule has 1 aliphatic rings. The van der Waals surface area contributed by atoms with Crippen LogP contribution in [0.15, 0.2) is 24.3 Å². The molecule has 1 aromatic rings. The molecular formula is C15H23NO. The summed E-state index contributed by atoms with van der Waals surface area (Å²) < 4.78 is 0. The van der Waals surface area contributed by atoms with Gasteiger partial charge in [0.15, 0.2) is 0 Å². The van der Waals surface area contributed by atoms with Crippen LogP contribution in [0.1, 0.15) is 51.2 Å². The van der Waals surface area contributed by atoms with Crippen molar-refractivity contribution in [3.05, 3.63) is 29.8 Å². The minimum atomic E-state index is -0.315. The van der Waals surface area contributed by atoms with E-state index in [0.29, 0.717) is 6.04 Å². The maximum atomic E-state index is 9.77. The van der Waals surface area contributed by atoms with Gasteiger partial charge in [-0.05, 0) is 43.4 Å². The lowest BCUT2D eigenvalue weighted by atomic mass is 10.1. The van der Waals surface area contributed by atoms with E-state index in [4.69, 9.17) is 0 Å². The first-order valence-electron chi connectivity index (χ1n) is 6.81. The molecule has 1 aromatic carbocycles. The molecule has 2 heteroatoms. The summed E-state index contributed by atoms with van der Waals surface area (Å²) >= 11 is 0. The van der Waals surface area contributed by atoms with Gasteiger partial charge in [0.25, 0.3) is 0 Å². The third-order valence-electron chi connectivity index (χ3n) is 3.84. The second-order valence-electron chi connectivity index (χ2n) is 4.91. The van der Waals surface area contributed by atoms with E-state index >= 15 is 0 Å². The molecule has 17 heavy (non-hydrogen) atoms. The van der Waals surface area contributed by atoms with Crippen LogP contribution >= 0.6 is 0 Å². The van der Waals surface area contributed by atoms with Crippen molar-refractivity contribution in [3.63, 3.8) is 0 Å². The normalized spacial score (nSPS) is 21.8. The van der Waals surface area contributed by atoms with Crippen LogP contribution in [-0.2, 0) is 0 Å². The number of nitrogens with zero attached hydrogens (tertiary/aromatic N) is 1. The van der Waals surface area contributed by atoms with Gasteiger partial charge in [-0.25, -0.2) is 0 Å². The molecule has 2 unspecified atom stereocenters. The molecule has 2 rings (SSSR count). The van der Waals surface area contributed by atoms with E-state index in [2.05, 4.69) is 36.1 Å². The maximum absolute atomic E-state index is 9.77. The predicted octanol–water partition coefficient (Wildman–Crippen LogP) is 3.51. The quantitative estimate of drug-likeness (QED) is 0.860. The highest BCUT2D eigenvalue weighted by Crippen LogP contribution is 2.28. The minimum Gasteiger partial charge on any atom is -0.388 e. The fourth-order valence-corrected chi connectivity index (χ4v) is 2.72. The zero-order valence-corrected chi connectivity index (χ0v) is 10.9. The van der Waals surface area contributed by atoms with Crippen molar-refractivity contribution in [2.24, 2.45) is 0 Å². The van der Waals surface area contributed by atoms with Crippen molar-refractivity contribution in [1.82, 2.24) is 0 Å². The highest BCUT2D eigenvalue weighted by atomic mass is 16.3. The number of benzene rings is 1. The van der Waals surface area contributed by atoms with Gasteiger partial charge in [0.1, 0.15) is 0 Å². The summed E-state index contributed by atoms with van der Waals surface area (Å²) in [4.78, 5) is 2.50. The standard InChI is InChI=1S/C15H23NO/c1-3-13-6-5-11-16(13)14-9-7-12(8-10-14)15(17)4-2/h7-10,13,15,17H,3-6,11H2,1-2H3. The zero-order valence-electron chi connectivity index (χ0n) is 10.9. The smallest absolute Gasteiger partial charge is 0.0787 e. The van der Waals surface area contributed by atoms with Crippen molar-refractivity contribution >= 4 is 5.69 Å². The SMILES string of the molecule is CCC(O)c1ccc(N2CCCC2CC)cc1. The molecular weight excluding hydrogens is 210 g/mol. The van der Waals surface area contributed by atoms with E-state index in [1.54, 1.807) is 0 Å². The first-order chi connectivity index (χ1) is 8.26. The summed E-state index contributed by atoms with van der Waals surface area (Å²) in [7, 11) is 0. The molecule has 1 saturated heterocycles. The van der Waals surface area contributed by atoms with Crippen molar-refractivity contribution in [3.8, 4) is 0 Å². The third kappa shape index (κ3) is 2.63. The number of hydrogen-bond acceptors (Lipinski definition) is 2. The molecule has 0 aliphatic carbocycles. The Labute approximate surface area is 104 Å². The third-order valence-corrected chi connectivity index (χ3v) is 3.84. The van der Waals surface area contributed by atoms with E-state index in [9.17, 15) is 5.11 Å². The van der Waals surface area contributed by atoms with Crippen LogP contribution in [0.3, 0.4) is 0 Å². The first-order valence-corrected chi connectivity index (χ1v) is 6.81. The fraction of sp³-hybridized carbons (Fsp3) is 0.600. The second kappa shape index (κ2) is 5.54.